The fraction of sp³-hybridized carbons (Fsp3) is 0.360. The van der Waals surface area contributed by atoms with Crippen molar-refractivity contribution in [2.75, 3.05) is 12.4 Å². The topological polar surface area (TPSA) is 86.2 Å². The number of ether oxygens (including phenoxy) is 2. The molecule has 0 aliphatic heterocycles. The Morgan fingerprint density at radius 3 is 2.58 bits per heavy atom. The van der Waals surface area contributed by atoms with Crippen molar-refractivity contribution in [3.63, 3.8) is 0 Å². The number of halogens is 1. The molecular weight excluding hydrogens is 440 g/mol. The molecule has 1 aliphatic carbocycles. The van der Waals surface area contributed by atoms with Gasteiger partial charge in [-0.05, 0) is 24.0 Å². The number of aryl methyl sites for hydroxylation is 2. The molecular formula is C25H27ClN4O3. The van der Waals surface area contributed by atoms with Crippen LogP contribution in [-0.4, -0.2) is 34.1 Å². The molecule has 4 rings (SSSR count). The van der Waals surface area contributed by atoms with Crippen molar-refractivity contribution in [1.29, 1.82) is 0 Å². The van der Waals surface area contributed by atoms with Crippen molar-refractivity contribution < 1.29 is 14.3 Å². The van der Waals surface area contributed by atoms with Gasteiger partial charge in [0.15, 0.2) is 0 Å². The van der Waals surface area contributed by atoms with E-state index in [0.717, 1.165) is 22.5 Å². The van der Waals surface area contributed by atoms with E-state index in [1.807, 2.05) is 26.0 Å². The summed E-state index contributed by atoms with van der Waals surface area (Å²) >= 11 is 6.49. The van der Waals surface area contributed by atoms with Crippen molar-refractivity contribution in [1.82, 2.24) is 15.0 Å². The molecule has 7 nitrogen and oxygen atoms in total. The van der Waals surface area contributed by atoms with Gasteiger partial charge < -0.3 is 14.8 Å². The van der Waals surface area contributed by atoms with E-state index in [1.165, 1.54) is 6.92 Å². The van der Waals surface area contributed by atoms with Crippen molar-refractivity contribution in [2.24, 2.45) is 0 Å². The standard InChI is InChI=1S/C25H27ClN4O3/c1-5-19-24(23-18(26)12-16(32-4)13-27-23)28-20(6-2)25(29-19)30-22-17-10-8-7-9-15(17)11-21(22)33-14(3)31/h7-10,12-13,21-22H,5-6,11H2,1-4H3,(H,29,30)/t21-,22+/m0/s1. The molecule has 172 valence electrons. The monoisotopic (exact) mass is 466 g/mol. The molecule has 0 unspecified atom stereocenters. The molecule has 0 fully saturated rings. The summed E-state index contributed by atoms with van der Waals surface area (Å²) < 4.78 is 10.9. The van der Waals surface area contributed by atoms with Crippen LogP contribution >= 0.6 is 11.6 Å². The number of hydrogen-bond donors (Lipinski definition) is 1. The van der Waals surface area contributed by atoms with Crippen molar-refractivity contribution in [2.45, 2.75) is 52.2 Å². The van der Waals surface area contributed by atoms with E-state index in [-0.39, 0.29) is 18.1 Å². The van der Waals surface area contributed by atoms with Gasteiger partial charge in [0, 0.05) is 19.4 Å². The molecule has 0 radical (unpaired) electrons. The zero-order valence-electron chi connectivity index (χ0n) is 19.2. The van der Waals surface area contributed by atoms with Crippen LogP contribution in [0.1, 0.15) is 49.3 Å². The van der Waals surface area contributed by atoms with Gasteiger partial charge in [-0.2, -0.15) is 0 Å². The number of carbonyl (C=O) groups is 1. The number of hydrogen-bond acceptors (Lipinski definition) is 7. The molecule has 0 bridgehead atoms. The Morgan fingerprint density at radius 1 is 1.15 bits per heavy atom. The van der Waals surface area contributed by atoms with Crippen LogP contribution < -0.4 is 10.1 Å². The summed E-state index contributed by atoms with van der Waals surface area (Å²) in [4.78, 5) is 26.1. The van der Waals surface area contributed by atoms with Gasteiger partial charge in [0.05, 0.1) is 35.8 Å². The van der Waals surface area contributed by atoms with E-state index in [4.69, 9.17) is 31.0 Å². The van der Waals surface area contributed by atoms with Gasteiger partial charge in [0.25, 0.3) is 0 Å². The van der Waals surface area contributed by atoms with E-state index in [2.05, 4.69) is 22.4 Å². The normalized spacial score (nSPS) is 16.9. The van der Waals surface area contributed by atoms with Crippen LogP contribution in [0.15, 0.2) is 36.5 Å². The third-order valence-electron chi connectivity index (χ3n) is 5.78. The van der Waals surface area contributed by atoms with Gasteiger partial charge in [-0.15, -0.1) is 0 Å². The molecule has 33 heavy (non-hydrogen) atoms. The summed E-state index contributed by atoms with van der Waals surface area (Å²) in [6.45, 7) is 5.49. The molecule has 2 atom stereocenters. The first-order chi connectivity index (χ1) is 15.9. The van der Waals surface area contributed by atoms with E-state index in [1.54, 1.807) is 19.4 Å². The van der Waals surface area contributed by atoms with Crippen LogP contribution in [0.3, 0.4) is 0 Å². The summed E-state index contributed by atoms with van der Waals surface area (Å²) in [5.74, 6) is 0.966. The van der Waals surface area contributed by atoms with Gasteiger partial charge in [-0.25, -0.2) is 15.0 Å². The van der Waals surface area contributed by atoms with Gasteiger partial charge in [-0.3, -0.25) is 4.79 Å². The number of benzene rings is 1. The minimum Gasteiger partial charge on any atom is -0.495 e. The number of methoxy groups -OCH3 is 1. The SMILES string of the molecule is CCc1nc(-c2ncc(OC)cc2Cl)c(CC)nc1N[C@@H]1c2ccccc2C[C@@H]1OC(C)=O. The van der Waals surface area contributed by atoms with E-state index in [9.17, 15) is 4.79 Å². The number of pyridine rings is 1. The highest BCUT2D eigenvalue weighted by molar-refractivity contribution is 6.33. The number of fused-ring (bicyclic) bond motifs is 1. The number of nitrogens with one attached hydrogen (secondary N) is 1. The zero-order valence-corrected chi connectivity index (χ0v) is 19.9. The molecule has 1 aliphatic rings. The fourth-order valence-electron chi connectivity index (χ4n) is 4.21. The molecule has 3 aromatic rings. The van der Waals surface area contributed by atoms with Crippen LogP contribution in [-0.2, 0) is 28.8 Å². The lowest BCUT2D eigenvalue weighted by Gasteiger charge is -2.24. The summed E-state index contributed by atoms with van der Waals surface area (Å²) in [7, 11) is 1.57. The van der Waals surface area contributed by atoms with Crippen LogP contribution in [0.2, 0.25) is 5.02 Å². The highest BCUT2D eigenvalue weighted by Gasteiger charge is 2.35. The van der Waals surface area contributed by atoms with Crippen molar-refractivity contribution in [3.05, 3.63) is 64.1 Å². The molecule has 8 heteroatoms. The van der Waals surface area contributed by atoms with Crippen LogP contribution in [0.5, 0.6) is 5.75 Å². The number of rotatable bonds is 7. The maximum atomic E-state index is 11.7. The molecule has 2 heterocycles. The number of aromatic nitrogens is 3. The maximum Gasteiger partial charge on any atom is 0.302 e. The van der Waals surface area contributed by atoms with Crippen LogP contribution in [0.4, 0.5) is 5.82 Å². The minimum absolute atomic E-state index is 0.206. The predicted molar refractivity (Wildman–Crippen MR) is 128 cm³/mol. The summed E-state index contributed by atoms with van der Waals surface area (Å²) in [5.41, 5.74) is 5.08. The van der Waals surface area contributed by atoms with E-state index < -0.39 is 0 Å². The van der Waals surface area contributed by atoms with Gasteiger partial charge in [0.2, 0.25) is 0 Å². The third kappa shape index (κ3) is 4.64. The summed E-state index contributed by atoms with van der Waals surface area (Å²) in [6, 6.07) is 9.64. The Hall–Kier alpha value is -3.19. The Morgan fingerprint density at radius 2 is 1.91 bits per heavy atom. The minimum atomic E-state index is -0.311. The van der Waals surface area contributed by atoms with Crippen LogP contribution in [0.25, 0.3) is 11.4 Å². The lowest BCUT2D eigenvalue weighted by molar-refractivity contribution is -0.146. The Kier molecular flexibility index (Phi) is 6.79. The Bertz CT molecular complexity index is 1180. The number of nitrogens with zero attached hydrogens (tertiary/aromatic N) is 3. The van der Waals surface area contributed by atoms with E-state index >= 15 is 0 Å². The van der Waals surface area contributed by atoms with Crippen molar-refractivity contribution in [3.8, 4) is 17.1 Å². The molecule has 0 saturated heterocycles. The summed E-state index contributed by atoms with van der Waals surface area (Å²) in [6.07, 6.45) is 3.28. The fourth-order valence-corrected chi connectivity index (χ4v) is 4.45. The molecule has 0 saturated carbocycles. The Balaban J connectivity index is 1.75. The number of esters is 1. The van der Waals surface area contributed by atoms with E-state index in [0.29, 0.717) is 47.2 Å². The smallest absolute Gasteiger partial charge is 0.302 e. The number of anilines is 1. The second-order valence-corrected chi connectivity index (χ2v) is 8.31. The quantitative estimate of drug-likeness (QED) is 0.492. The maximum absolute atomic E-state index is 11.7. The average Bonchev–Trinajstić information content (AvgIpc) is 3.15. The van der Waals surface area contributed by atoms with Gasteiger partial charge in [0.1, 0.15) is 29.1 Å². The highest BCUT2D eigenvalue weighted by atomic mass is 35.5. The van der Waals surface area contributed by atoms with Gasteiger partial charge >= 0.3 is 5.97 Å². The number of carbonyl (C=O) groups excluding carboxylic acids is 1. The first-order valence-corrected chi connectivity index (χ1v) is 11.4. The molecule has 2 aromatic heterocycles. The molecule has 1 aromatic carbocycles. The second-order valence-electron chi connectivity index (χ2n) is 7.90. The Labute approximate surface area is 198 Å². The first kappa shape index (κ1) is 23.0. The van der Waals surface area contributed by atoms with Crippen molar-refractivity contribution >= 4 is 23.4 Å². The summed E-state index contributed by atoms with van der Waals surface area (Å²) in [5, 5.41) is 3.99. The average molecular weight is 467 g/mol. The lowest BCUT2D eigenvalue weighted by atomic mass is 10.1. The molecule has 0 spiro atoms. The lowest BCUT2D eigenvalue weighted by Crippen LogP contribution is -2.27. The van der Waals surface area contributed by atoms with Crippen LogP contribution in [0, 0.1) is 0 Å². The largest absolute Gasteiger partial charge is 0.495 e. The highest BCUT2D eigenvalue weighted by Crippen LogP contribution is 2.37. The predicted octanol–water partition coefficient (Wildman–Crippen LogP) is 4.97. The molecule has 1 N–H and O–H groups in total. The third-order valence-corrected chi connectivity index (χ3v) is 6.07. The second kappa shape index (κ2) is 9.75. The first-order valence-electron chi connectivity index (χ1n) is 11.1. The van der Waals surface area contributed by atoms with Gasteiger partial charge in [-0.1, -0.05) is 49.7 Å². The molecule has 0 amide bonds. The zero-order chi connectivity index (χ0) is 23.5.